The van der Waals surface area contributed by atoms with E-state index in [0.717, 1.165) is 35.0 Å². The summed E-state index contributed by atoms with van der Waals surface area (Å²) < 4.78 is 11.3. The monoisotopic (exact) mass is 424 g/mol. The molecule has 0 saturated heterocycles. The molecule has 0 saturated carbocycles. The molecule has 0 aliphatic carbocycles. The van der Waals surface area contributed by atoms with Gasteiger partial charge >= 0.3 is 0 Å². The number of carbonyl (C=O) groups excluding carboxylic acids is 1. The van der Waals surface area contributed by atoms with Gasteiger partial charge in [0.1, 0.15) is 0 Å². The van der Waals surface area contributed by atoms with Crippen LogP contribution < -0.4 is 19.7 Å². The van der Waals surface area contributed by atoms with Crippen LogP contribution in [0.15, 0.2) is 42.6 Å². The van der Waals surface area contributed by atoms with Crippen molar-refractivity contribution in [2.75, 3.05) is 41.4 Å². The second kappa shape index (κ2) is 10.4. The van der Waals surface area contributed by atoms with Crippen molar-refractivity contribution in [3.8, 4) is 11.5 Å². The van der Waals surface area contributed by atoms with E-state index in [9.17, 15) is 4.79 Å². The van der Waals surface area contributed by atoms with E-state index >= 15 is 0 Å². The maximum atomic E-state index is 12.9. The fourth-order valence-electron chi connectivity index (χ4n) is 4.11. The average Bonchev–Trinajstić information content (AvgIpc) is 3.20. The largest absolute Gasteiger partial charge is 0.493 e. The van der Waals surface area contributed by atoms with Gasteiger partial charge in [-0.05, 0) is 23.6 Å². The number of ether oxygens (including phenoxy) is 2. The average molecular weight is 425 g/mol. The summed E-state index contributed by atoms with van der Waals surface area (Å²) in [6.45, 7) is 3.68. The number of H-pyrrole nitrogens is 1. The number of quaternary nitrogens is 1. The van der Waals surface area contributed by atoms with E-state index in [1.165, 1.54) is 10.5 Å². The lowest BCUT2D eigenvalue weighted by molar-refractivity contribution is -0.856. The predicted molar refractivity (Wildman–Crippen MR) is 124 cm³/mol. The van der Waals surface area contributed by atoms with Crippen molar-refractivity contribution in [1.29, 1.82) is 0 Å². The number of nitrogens with one attached hydrogen (secondary N) is 3. The molecule has 31 heavy (non-hydrogen) atoms. The van der Waals surface area contributed by atoms with Crippen LogP contribution in [-0.4, -0.2) is 52.3 Å². The van der Waals surface area contributed by atoms with Gasteiger partial charge < -0.3 is 24.7 Å². The number of aromatic nitrogens is 1. The van der Waals surface area contributed by atoms with Gasteiger partial charge in [0.05, 0.1) is 41.4 Å². The van der Waals surface area contributed by atoms with Gasteiger partial charge in [-0.3, -0.25) is 4.79 Å². The van der Waals surface area contributed by atoms with Gasteiger partial charge in [0.2, 0.25) is 5.91 Å². The molecular formula is C25H34N3O3+. The first-order valence-corrected chi connectivity index (χ1v) is 10.9. The van der Waals surface area contributed by atoms with E-state index in [0.29, 0.717) is 24.5 Å². The molecule has 0 fully saturated rings. The third-order valence-corrected chi connectivity index (χ3v) is 5.74. The first-order chi connectivity index (χ1) is 15.0. The van der Waals surface area contributed by atoms with Crippen molar-refractivity contribution < 1.29 is 19.2 Å². The zero-order chi connectivity index (χ0) is 22.4. The zero-order valence-corrected chi connectivity index (χ0v) is 19.2. The van der Waals surface area contributed by atoms with E-state index in [1.807, 2.05) is 24.4 Å². The maximum absolute atomic E-state index is 12.9. The third-order valence-electron chi connectivity index (χ3n) is 5.74. The van der Waals surface area contributed by atoms with Crippen LogP contribution in [0.3, 0.4) is 0 Å². The number of hydrogen-bond acceptors (Lipinski definition) is 3. The fourth-order valence-corrected chi connectivity index (χ4v) is 4.11. The zero-order valence-electron chi connectivity index (χ0n) is 19.2. The number of para-hydroxylation sites is 2. The summed E-state index contributed by atoms with van der Waals surface area (Å²) >= 11 is 0. The quantitative estimate of drug-likeness (QED) is 0.469. The van der Waals surface area contributed by atoms with Gasteiger partial charge in [-0.1, -0.05) is 37.3 Å². The number of aromatic amines is 1. The normalized spacial score (nSPS) is 12.2. The number of fused-ring (bicyclic) bond motifs is 1. The molecule has 6 heteroatoms. The van der Waals surface area contributed by atoms with Gasteiger partial charge in [0.25, 0.3) is 0 Å². The number of likely N-dealkylation sites (N-methyl/N-ethyl adjacent to an activating group) is 1. The van der Waals surface area contributed by atoms with Gasteiger partial charge in [-0.15, -0.1) is 0 Å². The van der Waals surface area contributed by atoms with E-state index in [1.54, 1.807) is 14.2 Å². The summed E-state index contributed by atoms with van der Waals surface area (Å²) in [6, 6.07) is 12.2. The van der Waals surface area contributed by atoms with Crippen LogP contribution >= 0.6 is 0 Å². The van der Waals surface area contributed by atoms with Crippen LogP contribution in [0, 0.1) is 0 Å². The molecule has 6 nitrogen and oxygen atoms in total. The Balaban J connectivity index is 2.05. The summed E-state index contributed by atoms with van der Waals surface area (Å²) in [5.74, 6) is 1.19. The molecule has 1 heterocycles. The highest BCUT2D eigenvalue weighted by atomic mass is 16.5. The van der Waals surface area contributed by atoms with E-state index in [4.69, 9.17) is 9.47 Å². The Bertz CT molecular complexity index is 1030. The minimum absolute atomic E-state index is 0.0251. The topological polar surface area (TPSA) is 67.8 Å². The van der Waals surface area contributed by atoms with Crippen molar-refractivity contribution in [3.05, 3.63) is 59.3 Å². The van der Waals surface area contributed by atoms with Crippen molar-refractivity contribution >= 4 is 16.8 Å². The lowest BCUT2D eigenvalue weighted by Crippen LogP contribution is -3.06. The number of methoxy groups -OCH3 is 2. The lowest BCUT2D eigenvalue weighted by atomic mass is 9.86. The fraction of sp³-hybridized carbons (Fsp3) is 0.400. The predicted octanol–water partition coefficient (Wildman–Crippen LogP) is 2.53. The van der Waals surface area contributed by atoms with E-state index in [2.05, 4.69) is 49.5 Å². The SMILES string of the molecule is CCc1cccc2c([C@H](CC(=O)NCC[NH+](C)C)c3cccc(OC)c3OC)c[nH]c12. The molecular weight excluding hydrogens is 390 g/mol. The van der Waals surface area contributed by atoms with Crippen molar-refractivity contribution in [3.63, 3.8) is 0 Å². The summed E-state index contributed by atoms with van der Waals surface area (Å²) in [5.41, 5.74) is 4.42. The molecule has 3 rings (SSSR count). The molecule has 0 spiro atoms. The van der Waals surface area contributed by atoms with Crippen LogP contribution in [0.1, 0.15) is 36.0 Å². The van der Waals surface area contributed by atoms with E-state index in [-0.39, 0.29) is 11.8 Å². The van der Waals surface area contributed by atoms with Gasteiger partial charge in [0.15, 0.2) is 11.5 Å². The first-order valence-electron chi connectivity index (χ1n) is 10.9. The third kappa shape index (κ3) is 5.02. The van der Waals surface area contributed by atoms with Crippen LogP contribution in [0.4, 0.5) is 0 Å². The number of benzene rings is 2. The molecule has 3 aromatic rings. The molecule has 0 unspecified atom stereocenters. The molecule has 166 valence electrons. The van der Waals surface area contributed by atoms with Crippen LogP contribution in [0.25, 0.3) is 10.9 Å². The Morgan fingerprint density at radius 1 is 1.10 bits per heavy atom. The summed E-state index contributed by atoms with van der Waals surface area (Å²) in [7, 11) is 7.43. The Labute approximate surface area is 184 Å². The highest BCUT2D eigenvalue weighted by Gasteiger charge is 2.26. The molecule has 1 atom stereocenters. The summed E-state index contributed by atoms with van der Waals surface area (Å²) in [5, 5.41) is 4.21. The number of aryl methyl sites for hydroxylation is 1. The number of rotatable bonds is 10. The second-order valence-electron chi connectivity index (χ2n) is 8.08. The molecule has 0 radical (unpaired) electrons. The molecule has 0 aliphatic rings. The molecule has 0 aliphatic heterocycles. The molecule has 1 amide bonds. The van der Waals surface area contributed by atoms with Gasteiger partial charge in [0, 0.05) is 35.0 Å². The lowest BCUT2D eigenvalue weighted by Gasteiger charge is -2.21. The molecule has 3 N–H and O–H groups in total. The highest BCUT2D eigenvalue weighted by molar-refractivity contribution is 5.88. The van der Waals surface area contributed by atoms with E-state index < -0.39 is 0 Å². The highest BCUT2D eigenvalue weighted by Crippen LogP contribution is 2.42. The Morgan fingerprint density at radius 2 is 1.87 bits per heavy atom. The van der Waals surface area contributed by atoms with Crippen molar-refractivity contribution in [2.45, 2.75) is 25.7 Å². The first kappa shape index (κ1) is 22.7. The van der Waals surface area contributed by atoms with Crippen LogP contribution in [0.2, 0.25) is 0 Å². The minimum Gasteiger partial charge on any atom is -0.493 e. The Hall–Kier alpha value is -2.99. The van der Waals surface area contributed by atoms with Gasteiger partial charge in [-0.25, -0.2) is 0 Å². The van der Waals surface area contributed by atoms with Gasteiger partial charge in [-0.2, -0.15) is 0 Å². The van der Waals surface area contributed by atoms with Crippen LogP contribution in [-0.2, 0) is 11.2 Å². The molecule has 0 bridgehead atoms. The summed E-state index contributed by atoms with van der Waals surface area (Å²) in [4.78, 5) is 17.7. The summed E-state index contributed by atoms with van der Waals surface area (Å²) in [6.07, 6.45) is 3.30. The number of amides is 1. The Kier molecular flexibility index (Phi) is 7.58. The minimum atomic E-state index is -0.169. The smallest absolute Gasteiger partial charge is 0.221 e. The van der Waals surface area contributed by atoms with Crippen LogP contribution in [0.5, 0.6) is 11.5 Å². The maximum Gasteiger partial charge on any atom is 0.221 e. The van der Waals surface area contributed by atoms with Crippen molar-refractivity contribution in [2.24, 2.45) is 0 Å². The number of hydrogen-bond donors (Lipinski definition) is 3. The standard InChI is InChI=1S/C25H33N3O3/c1-6-17-9-7-10-18-21(16-27-24(17)18)20(15-23(29)26-13-14-28(2)3)19-11-8-12-22(30-4)25(19)31-5/h7-12,16,20,27H,6,13-15H2,1-5H3,(H,26,29)/p+1/t20-/m1/s1. The number of carbonyl (C=O) groups is 1. The van der Waals surface area contributed by atoms with Crippen molar-refractivity contribution in [1.82, 2.24) is 10.3 Å². The molecule has 1 aromatic heterocycles. The molecule has 2 aromatic carbocycles. The second-order valence-corrected chi connectivity index (χ2v) is 8.08. The Morgan fingerprint density at radius 3 is 2.55 bits per heavy atom.